The van der Waals surface area contributed by atoms with Crippen molar-refractivity contribution in [2.75, 3.05) is 0 Å². The Morgan fingerprint density at radius 1 is 1.03 bits per heavy atom. The van der Waals surface area contributed by atoms with Gasteiger partial charge in [0.15, 0.2) is 6.20 Å². The van der Waals surface area contributed by atoms with Crippen molar-refractivity contribution in [3.05, 3.63) is 71.9 Å². The van der Waals surface area contributed by atoms with Gasteiger partial charge in [0.25, 0.3) is 0 Å². The number of benzene rings is 2. The average Bonchev–Trinajstić information content (AvgIpc) is 3.18. The van der Waals surface area contributed by atoms with Gasteiger partial charge < -0.3 is 4.42 Å². The summed E-state index contributed by atoms with van der Waals surface area (Å²) in [7, 11) is 2.03. The second kappa shape index (κ2) is 7.74. The zero-order chi connectivity index (χ0) is 23.4. The summed E-state index contributed by atoms with van der Waals surface area (Å²) >= 11 is 0. The highest BCUT2D eigenvalue weighted by molar-refractivity contribution is 6.08. The van der Waals surface area contributed by atoms with Crippen LogP contribution >= 0.6 is 0 Å². The molecule has 3 heterocycles. The third-order valence-corrected chi connectivity index (χ3v) is 6.91. The van der Waals surface area contributed by atoms with Crippen molar-refractivity contribution in [2.45, 2.75) is 45.4 Å². The Labute approximate surface area is 191 Å². The van der Waals surface area contributed by atoms with Crippen molar-refractivity contribution in [1.82, 2.24) is 4.98 Å². The molecule has 3 heteroatoms. The number of para-hydroxylation sites is 1. The molecule has 0 unspecified atom stereocenters. The number of aryl methyl sites for hydroxylation is 2. The fourth-order valence-corrected chi connectivity index (χ4v) is 5.14. The van der Waals surface area contributed by atoms with Crippen molar-refractivity contribution < 1.29 is 11.7 Å². The van der Waals surface area contributed by atoms with Crippen LogP contribution in [0.2, 0.25) is 0 Å². The van der Waals surface area contributed by atoms with Crippen LogP contribution in [0.5, 0.6) is 0 Å². The van der Waals surface area contributed by atoms with Crippen molar-refractivity contribution in [2.24, 2.45) is 13.0 Å². The predicted octanol–water partition coefficient (Wildman–Crippen LogP) is 7.06. The molecule has 0 saturated heterocycles. The minimum atomic E-state index is -1.33. The summed E-state index contributed by atoms with van der Waals surface area (Å²) in [4.78, 5) is 4.74. The minimum Gasteiger partial charge on any atom is -0.438 e. The molecule has 3 nitrogen and oxygen atoms in total. The van der Waals surface area contributed by atoms with Crippen LogP contribution in [-0.2, 0) is 13.4 Å². The Morgan fingerprint density at radius 3 is 2.75 bits per heavy atom. The number of nitrogens with zero attached hydrogens (tertiary/aromatic N) is 2. The third kappa shape index (κ3) is 3.37. The van der Waals surface area contributed by atoms with Crippen LogP contribution in [0.4, 0.5) is 0 Å². The van der Waals surface area contributed by atoms with Gasteiger partial charge in [-0.15, -0.1) is 0 Å². The molecule has 1 saturated carbocycles. The largest absolute Gasteiger partial charge is 0.438 e. The van der Waals surface area contributed by atoms with Gasteiger partial charge in [-0.1, -0.05) is 50.3 Å². The van der Waals surface area contributed by atoms with Gasteiger partial charge in [0.2, 0.25) is 11.4 Å². The highest BCUT2D eigenvalue weighted by Gasteiger charge is 2.20. The molecule has 0 N–H and O–H groups in total. The SMILES string of the molecule is [2H]C([2H])(c1cc[n+](C)c(-c2cc3c(cc2C)oc2nc4ccccc4cc23)c1)C1CCCCC1. The van der Waals surface area contributed by atoms with E-state index in [0.717, 1.165) is 75.3 Å². The number of furan rings is 1. The van der Waals surface area contributed by atoms with Crippen molar-refractivity contribution in [3.8, 4) is 11.3 Å². The van der Waals surface area contributed by atoms with E-state index in [1.54, 1.807) is 0 Å². The first kappa shape index (κ1) is 17.4. The van der Waals surface area contributed by atoms with Crippen LogP contribution in [0.15, 0.2) is 65.2 Å². The van der Waals surface area contributed by atoms with E-state index >= 15 is 0 Å². The molecule has 3 aromatic heterocycles. The Bertz CT molecular complexity index is 1550. The van der Waals surface area contributed by atoms with E-state index in [1.165, 1.54) is 6.42 Å². The highest BCUT2D eigenvalue weighted by atomic mass is 16.3. The van der Waals surface area contributed by atoms with E-state index in [2.05, 4.69) is 41.8 Å². The van der Waals surface area contributed by atoms with E-state index in [-0.39, 0.29) is 5.92 Å². The van der Waals surface area contributed by atoms with Gasteiger partial charge in [-0.3, -0.25) is 0 Å². The summed E-state index contributed by atoms with van der Waals surface area (Å²) in [6.45, 7) is 2.09. The van der Waals surface area contributed by atoms with Gasteiger partial charge in [-0.25, -0.2) is 9.55 Å². The number of fused-ring (bicyclic) bond motifs is 4. The molecule has 0 radical (unpaired) electrons. The number of rotatable bonds is 3. The van der Waals surface area contributed by atoms with Crippen molar-refractivity contribution in [1.29, 1.82) is 0 Å². The van der Waals surface area contributed by atoms with Crippen LogP contribution < -0.4 is 4.57 Å². The van der Waals surface area contributed by atoms with Crippen LogP contribution in [0.1, 0.15) is 46.0 Å². The van der Waals surface area contributed by atoms with E-state index in [9.17, 15) is 0 Å². The Kier molecular flexibility index (Phi) is 4.20. The van der Waals surface area contributed by atoms with Gasteiger partial charge in [-0.05, 0) is 54.6 Å². The molecule has 0 bridgehead atoms. The fourth-order valence-electron chi connectivity index (χ4n) is 5.14. The molecular formula is C29H29N2O+. The lowest BCUT2D eigenvalue weighted by Gasteiger charge is -2.21. The molecule has 1 aliphatic rings. The summed E-state index contributed by atoms with van der Waals surface area (Å²) in [5.41, 5.74) is 6.38. The summed E-state index contributed by atoms with van der Waals surface area (Å²) in [6, 6.07) is 18.5. The Balaban J connectivity index is 1.51. The molecule has 1 fully saturated rings. The lowest BCUT2D eigenvalue weighted by atomic mass is 9.85. The lowest BCUT2D eigenvalue weighted by Crippen LogP contribution is -2.31. The Hall–Kier alpha value is -3.20. The maximum atomic E-state index is 8.97. The van der Waals surface area contributed by atoms with Gasteiger partial charge in [0.05, 0.1) is 5.52 Å². The normalized spacial score (nSPS) is 16.6. The zero-order valence-electron chi connectivity index (χ0n) is 20.7. The average molecular weight is 424 g/mol. The summed E-state index contributed by atoms with van der Waals surface area (Å²) < 4.78 is 26.2. The maximum absolute atomic E-state index is 8.97. The topological polar surface area (TPSA) is 29.9 Å². The number of hydrogen-bond donors (Lipinski definition) is 0. The molecule has 32 heavy (non-hydrogen) atoms. The predicted molar refractivity (Wildman–Crippen MR) is 131 cm³/mol. The first-order chi connectivity index (χ1) is 16.4. The van der Waals surface area contributed by atoms with Gasteiger partial charge in [-0.2, -0.15) is 0 Å². The smallest absolute Gasteiger partial charge is 0.227 e. The first-order valence-electron chi connectivity index (χ1n) is 12.6. The standard InChI is InChI=1S/C29H29N2O/c1-19-14-28-24(25-17-22-10-6-7-11-26(22)30-29(25)32-28)18-23(19)27-16-21(12-13-31(27)2)15-20-8-4-3-5-9-20/h6-7,10-14,16-18,20H,3-5,8-9,15H2,1-2H3/q+1/i15D2. The van der Waals surface area contributed by atoms with Crippen LogP contribution in [0, 0.1) is 12.8 Å². The second-order valence-corrected chi connectivity index (χ2v) is 9.19. The quantitative estimate of drug-likeness (QED) is 0.291. The molecule has 0 spiro atoms. The van der Waals surface area contributed by atoms with Crippen LogP contribution in [0.25, 0.3) is 44.2 Å². The molecule has 2 aromatic carbocycles. The Morgan fingerprint density at radius 2 is 1.88 bits per heavy atom. The van der Waals surface area contributed by atoms with Gasteiger partial charge in [0, 0.05) is 36.6 Å². The molecule has 1 aliphatic carbocycles. The summed E-state index contributed by atoms with van der Waals surface area (Å²) in [5.74, 6) is 0.0857. The maximum Gasteiger partial charge on any atom is 0.227 e. The van der Waals surface area contributed by atoms with E-state index < -0.39 is 6.37 Å². The highest BCUT2D eigenvalue weighted by Crippen LogP contribution is 2.35. The fraction of sp³-hybridized carbons (Fsp3) is 0.310. The summed E-state index contributed by atoms with van der Waals surface area (Å²) in [5, 5.41) is 3.13. The van der Waals surface area contributed by atoms with Crippen molar-refractivity contribution >= 4 is 33.0 Å². The second-order valence-electron chi connectivity index (χ2n) is 9.19. The third-order valence-electron chi connectivity index (χ3n) is 6.91. The molecule has 0 amide bonds. The first-order valence-corrected chi connectivity index (χ1v) is 11.6. The minimum absolute atomic E-state index is 0.0857. The number of hydrogen-bond acceptors (Lipinski definition) is 2. The van der Waals surface area contributed by atoms with Crippen LogP contribution in [-0.4, -0.2) is 4.98 Å². The molecule has 5 aromatic rings. The van der Waals surface area contributed by atoms with Gasteiger partial charge >= 0.3 is 0 Å². The van der Waals surface area contributed by atoms with E-state index in [1.807, 2.05) is 37.5 Å². The molecular weight excluding hydrogens is 392 g/mol. The molecule has 0 aliphatic heterocycles. The molecule has 0 atom stereocenters. The molecule has 6 rings (SSSR count). The van der Waals surface area contributed by atoms with Crippen molar-refractivity contribution in [3.63, 3.8) is 0 Å². The number of aromatic nitrogens is 2. The number of pyridine rings is 2. The summed E-state index contributed by atoms with van der Waals surface area (Å²) in [6.07, 6.45) is 6.09. The zero-order valence-corrected chi connectivity index (χ0v) is 18.7. The van der Waals surface area contributed by atoms with Gasteiger partial charge in [0.1, 0.15) is 12.6 Å². The monoisotopic (exact) mass is 423 g/mol. The van der Waals surface area contributed by atoms with E-state index in [4.69, 9.17) is 12.1 Å². The van der Waals surface area contributed by atoms with Crippen LogP contribution in [0.3, 0.4) is 0 Å². The molecule has 160 valence electrons. The lowest BCUT2D eigenvalue weighted by molar-refractivity contribution is -0.660. The van der Waals surface area contributed by atoms with E-state index in [0.29, 0.717) is 5.71 Å².